The van der Waals surface area contributed by atoms with Gasteiger partial charge in [0.15, 0.2) is 10.9 Å². The summed E-state index contributed by atoms with van der Waals surface area (Å²) in [6.07, 6.45) is 3.63. The number of rotatable bonds is 4. The normalized spacial score (nSPS) is 19.0. The van der Waals surface area contributed by atoms with Crippen LogP contribution in [0.25, 0.3) is 0 Å². The van der Waals surface area contributed by atoms with Crippen LogP contribution in [0.5, 0.6) is 5.75 Å². The smallest absolute Gasteiger partial charge is 0.277 e. The third-order valence-corrected chi connectivity index (χ3v) is 5.20. The molecule has 2 aromatic carbocycles. The van der Waals surface area contributed by atoms with Gasteiger partial charge in [-0.25, -0.2) is 0 Å². The lowest BCUT2D eigenvalue weighted by molar-refractivity contribution is -0.122. The molecule has 1 fully saturated rings. The maximum Gasteiger partial charge on any atom is 0.277 e. The minimum Gasteiger partial charge on any atom is -0.439 e. The van der Waals surface area contributed by atoms with E-state index in [9.17, 15) is 4.79 Å². The number of likely N-dealkylation sites (N-methyl/N-ethyl adjacent to an activating group) is 1. The number of nitrogens with zero attached hydrogens (tertiary/aromatic N) is 3. The number of para-hydroxylation sites is 3. The average Bonchev–Trinajstić information content (AvgIpc) is 3.20. The molecule has 1 saturated heterocycles. The number of amides is 1. The number of fused-ring (bicyclic) bond motifs is 1. The Balaban J connectivity index is 1.74. The van der Waals surface area contributed by atoms with Crippen LogP contribution in [0.15, 0.2) is 78.3 Å². The highest BCUT2D eigenvalue weighted by Gasteiger charge is 2.37. The first-order chi connectivity index (χ1) is 13.7. The summed E-state index contributed by atoms with van der Waals surface area (Å²) in [5, 5.41) is 0.492. The van der Waals surface area contributed by atoms with E-state index in [4.69, 9.17) is 17.0 Å². The molecule has 2 aliphatic rings. The summed E-state index contributed by atoms with van der Waals surface area (Å²) >= 11 is 5.58. The molecule has 28 heavy (non-hydrogen) atoms. The monoisotopic (exact) mass is 391 g/mol. The number of hydrogen-bond acceptors (Lipinski definition) is 4. The Morgan fingerprint density at radius 1 is 0.929 bits per heavy atom. The lowest BCUT2D eigenvalue weighted by Gasteiger charge is -2.19. The number of thiocarbonyl (C=S) groups is 1. The number of ether oxygens (including phenoxy) is 1. The maximum absolute atomic E-state index is 12.9. The van der Waals surface area contributed by atoms with E-state index in [1.807, 2.05) is 72.5 Å². The highest BCUT2D eigenvalue weighted by atomic mass is 32.1. The maximum atomic E-state index is 12.9. The molecule has 4 rings (SSSR count). The molecule has 5 nitrogen and oxygen atoms in total. The molecule has 0 bridgehead atoms. The van der Waals surface area contributed by atoms with Crippen LogP contribution in [0.3, 0.4) is 0 Å². The van der Waals surface area contributed by atoms with Gasteiger partial charge in [0, 0.05) is 24.9 Å². The van der Waals surface area contributed by atoms with Gasteiger partial charge in [0.05, 0.1) is 5.69 Å². The van der Waals surface area contributed by atoms with Crippen molar-refractivity contribution in [3.05, 3.63) is 78.3 Å². The van der Waals surface area contributed by atoms with E-state index in [1.54, 1.807) is 11.0 Å². The molecule has 142 valence electrons. The first-order valence-electron chi connectivity index (χ1n) is 9.33. The second kappa shape index (κ2) is 7.48. The molecule has 0 N–H and O–H groups in total. The zero-order valence-electron chi connectivity index (χ0n) is 15.8. The Kier molecular flexibility index (Phi) is 4.88. The third-order valence-electron chi connectivity index (χ3n) is 4.79. The molecular formula is C22H21N3O2S. The SMILES string of the molecule is CCN1C(=O)C(=CC=C2Oc3ccccc3N2CC)N(c2ccccc2)C1=S. The third kappa shape index (κ3) is 2.96. The van der Waals surface area contributed by atoms with Gasteiger partial charge in [-0.3, -0.25) is 14.6 Å². The summed E-state index contributed by atoms with van der Waals surface area (Å²) in [5.74, 6) is 1.40. The molecule has 0 spiro atoms. The summed E-state index contributed by atoms with van der Waals surface area (Å²) in [7, 11) is 0. The first-order valence-corrected chi connectivity index (χ1v) is 9.74. The van der Waals surface area contributed by atoms with Gasteiger partial charge in [-0.1, -0.05) is 30.3 Å². The van der Waals surface area contributed by atoms with Gasteiger partial charge in [0.25, 0.3) is 5.91 Å². The number of hydrogen-bond donors (Lipinski definition) is 0. The predicted octanol–water partition coefficient (Wildman–Crippen LogP) is 4.28. The Hall–Kier alpha value is -3.12. The lowest BCUT2D eigenvalue weighted by Crippen LogP contribution is -2.32. The first kappa shape index (κ1) is 18.3. The van der Waals surface area contributed by atoms with Crippen LogP contribution in [-0.2, 0) is 4.79 Å². The van der Waals surface area contributed by atoms with Crippen LogP contribution in [0, 0.1) is 0 Å². The Bertz CT molecular complexity index is 984. The summed E-state index contributed by atoms with van der Waals surface area (Å²) in [6, 6.07) is 17.6. The van der Waals surface area contributed by atoms with Crippen molar-refractivity contribution in [3.63, 3.8) is 0 Å². The second-order valence-electron chi connectivity index (χ2n) is 6.37. The molecule has 0 aromatic heterocycles. The average molecular weight is 391 g/mol. The quantitative estimate of drug-likeness (QED) is 0.574. The predicted molar refractivity (Wildman–Crippen MR) is 115 cm³/mol. The zero-order chi connectivity index (χ0) is 19.7. The molecule has 0 aliphatic carbocycles. The van der Waals surface area contributed by atoms with Crippen molar-refractivity contribution >= 4 is 34.6 Å². The molecule has 0 radical (unpaired) electrons. The molecule has 6 heteroatoms. The van der Waals surface area contributed by atoms with Gasteiger partial charge >= 0.3 is 0 Å². The van der Waals surface area contributed by atoms with Crippen molar-refractivity contribution in [1.29, 1.82) is 0 Å². The summed E-state index contributed by atoms with van der Waals surface area (Å²) in [6.45, 7) is 5.28. The van der Waals surface area contributed by atoms with Crippen LogP contribution < -0.4 is 14.5 Å². The van der Waals surface area contributed by atoms with Crippen molar-refractivity contribution in [3.8, 4) is 5.75 Å². The minimum atomic E-state index is -0.105. The van der Waals surface area contributed by atoms with Crippen LogP contribution in [0.1, 0.15) is 13.8 Å². The van der Waals surface area contributed by atoms with Gasteiger partial charge in [0.1, 0.15) is 5.70 Å². The minimum absolute atomic E-state index is 0.105. The van der Waals surface area contributed by atoms with Gasteiger partial charge < -0.3 is 9.64 Å². The number of carbonyl (C=O) groups excluding carboxylic acids is 1. The fourth-order valence-corrected chi connectivity index (χ4v) is 3.86. The van der Waals surface area contributed by atoms with Gasteiger partial charge in [-0.2, -0.15) is 0 Å². The Morgan fingerprint density at radius 2 is 1.61 bits per heavy atom. The van der Waals surface area contributed by atoms with Gasteiger partial charge in [-0.05, 0) is 56.4 Å². The molecule has 0 unspecified atom stereocenters. The summed E-state index contributed by atoms with van der Waals surface area (Å²) in [4.78, 5) is 18.4. The topological polar surface area (TPSA) is 36.0 Å². The number of benzene rings is 2. The van der Waals surface area contributed by atoms with Crippen LogP contribution in [0.4, 0.5) is 11.4 Å². The van der Waals surface area contributed by atoms with Crippen molar-refractivity contribution in [2.24, 2.45) is 0 Å². The standard InChI is InChI=1S/C22H21N3O2S/c1-3-23-17-12-8-9-13-19(17)27-20(23)15-14-18-21(26)24(4-2)22(28)25(18)16-10-6-5-7-11-16/h5-15H,3-4H2,1-2H3. The van der Waals surface area contributed by atoms with E-state index >= 15 is 0 Å². The largest absolute Gasteiger partial charge is 0.439 e. The number of anilines is 2. The van der Waals surface area contributed by atoms with Crippen molar-refractivity contribution in [1.82, 2.24) is 4.90 Å². The van der Waals surface area contributed by atoms with E-state index < -0.39 is 0 Å². The molecular weight excluding hydrogens is 370 g/mol. The van der Waals surface area contributed by atoms with Crippen LogP contribution in [0.2, 0.25) is 0 Å². The molecule has 1 amide bonds. The van der Waals surface area contributed by atoms with Crippen molar-refractivity contribution in [2.45, 2.75) is 13.8 Å². The van der Waals surface area contributed by atoms with Crippen molar-refractivity contribution < 1.29 is 9.53 Å². The fraction of sp³-hybridized carbons (Fsp3) is 0.182. The number of allylic oxidation sites excluding steroid dienone is 2. The van der Waals surface area contributed by atoms with E-state index in [2.05, 4.69) is 11.8 Å². The van der Waals surface area contributed by atoms with Crippen molar-refractivity contribution in [2.75, 3.05) is 22.9 Å². The zero-order valence-corrected chi connectivity index (χ0v) is 16.6. The van der Waals surface area contributed by atoms with E-state index in [1.165, 1.54) is 0 Å². The Morgan fingerprint density at radius 3 is 2.32 bits per heavy atom. The van der Waals surface area contributed by atoms with E-state index in [-0.39, 0.29) is 5.91 Å². The summed E-state index contributed by atoms with van der Waals surface area (Å²) < 4.78 is 5.99. The summed E-state index contributed by atoms with van der Waals surface area (Å²) in [5.41, 5.74) is 2.41. The Labute approximate surface area is 170 Å². The lowest BCUT2D eigenvalue weighted by atomic mass is 10.2. The van der Waals surface area contributed by atoms with E-state index in [0.29, 0.717) is 23.2 Å². The van der Waals surface area contributed by atoms with Crippen LogP contribution >= 0.6 is 12.2 Å². The molecule has 0 saturated carbocycles. The van der Waals surface area contributed by atoms with Gasteiger partial charge in [-0.15, -0.1) is 0 Å². The second-order valence-corrected chi connectivity index (χ2v) is 6.74. The highest BCUT2D eigenvalue weighted by Crippen LogP contribution is 2.38. The molecule has 0 atom stereocenters. The number of carbonyl (C=O) groups is 1. The van der Waals surface area contributed by atoms with E-state index in [0.717, 1.165) is 23.7 Å². The molecule has 2 aliphatic heterocycles. The van der Waals surface area contributed by atoms with Crippen LogP contribution in [-0.4, -0.2) is 29.0 Å². The molecule has 2 aromatic rings. The highest BCUT2D eigenvalue weighted by molar-refractivity contribution is 7.80. The molecule has 2 heterocycles. The van der Waals surface area contributed by atoms with Gasteiger partial charge in [0.2, 0.25) is 5.88 Å². The fourth-order valence-electron chi connectivity index (χ4n) is 3.45.